The number of ether oxygens (including phenoxy) is 2. The van der Waals surface area contributed by atoms with Gasteiger partial charge in [0.15, 0.2) is 0 Å². The molecule has 4 heteroatoms. The maximum atomic E-state index is 5.70. The van der Waals surface area contributed by atoms with Gasteiger partial charge in [0.25, 0.3) is 0 Å². The van der Waals surface area contributed by atoms with Crippen LogP contribution in [-0.4, -0.2) is 58.0 Å². The average Bonchev–Trinajstić information content (AvgIpc) is 3.05. The largest absolute Gasteiger partial charge is 0.383 e. The molecule has 0 aromatic heterocycles. The summed E-state index contributed by atoms with van der Waals surface area (Å²) >= 11 is 0. The third kappa shape index (κ3) is 4.92. The number of hydrogen-bond donors (Lipinski definition) is 1. The predicted octanol–water partition coefficient (Wildman–Crippen LogP) is 1.10. The molecule has 1 saturated carbocycles. The minimum Gasteiger partial charge on any atom is -0.383 e. The Morgan fingerprint density at radius 1 is 1.29 bits per heavy atom. The van der Waals surface area contributed by atoms with Crippen molar-refractivity contribution in [3.63, 3.8) is 0 Å². The second-order valence-corrected chi connectivity index (χ2v) is 5.31. The van der Waals surface area contributed by atoms with Crippen LogP contribution in [0.15, 0.2) is 0 Å². The summed E-state index contributed by atoms with van der Waals surface area (Å²) in [4.78, 5) is 2.48. The smallest absolute Gasteiger partial charge is 0.0615 e. The molecule has 0 saturated heterocycles. The number of methoxy groups -OCH3 is 2. The Hall–Kier alpha value is -0.160. The third-order valence-corrected chi connectivity index (χ3v) is 3.78. The van der Waals surface area contributed by atoms with Gasteiger partial charge in [0.1, 0.15) is 0 Å². The van der Waals surface area contributed by atoms with Crippen molar-refractivity contribution in [2.45, 2.75) is 32.2 Å². The Bertz CT molecular complexity index is 208. The quantitative estimate of drug-likeness (QED) is 0.625. The predicted molar refractivity (Wildman–Crippen MR) is 70.1 cm³/mol. The van der Waals surface area contributed by atoms with E-state index in [0.29, 0.717) is 11.5 Å². The molecule has 1 atom stereocenters. The van der Waals surface area contributed by atoms with Gasteiger partial charge in [-0.25, -0.2) is 0 Å². The van der Waals surface area contributed by atoms with E-state index in [-0.39, 0.29) is 0 Å². The lowest BCUT2D eigenvalue weighted by atomic mass is 10.0. The van der Waals surface area contributed by atoms with Gasteiger partial charge >= 0.3 is 0 Å². The molecule has 0 spiro atoms. The lowest BCUT2D eigenvalue weighted by Crippen LogP contribution is -2.42. The fourth-order valence-electron chi connectivity index (χ4n) is 2.41. The average molecular weight is 244 g/mol. The van der Waals surface area contributed by atoms with Gasteiger partial charge in [-0.3, -0.25) is 4.90 Å². The van der Waals surface area contributed by atoms with Crippen molar-refractivity contribution in [2.24, 2.45) is 11.1 Å². The molecule has 4 nitrogen and oxygen atoms in total. The zero-order chi connectivity index (χ0) is 12.7. The van der Waals surface area contributed by atoms with Crippen LogP contribution in [0.4, 0.5) is 0 Å². The highest BCUT2D eigenvalue weighted by molar-refractivity contribution is 4.96. The summed E-state index contributed by atoms with van der Waals surface area (Å²) in [6.45, 7) is 6.70. The summed E-state index contributed by atoms with van der Waals surface area (Å²) in [5.41, 5.74) is 6.19. The van der Waals surface area contributed by atoms with Crippen LogP contribution in [0.5, 0.6) is 0 Å². The summed E-state index contributed by atoms with van der Waals surface area (Å²) in [5, 5.41) is 0. The van der Waals surface area contributed by atoms with Crippen molar-refractivity contribution >= 4 is 0 Å². The monoisotopic (exact) mass is 244 g/mol. The summed E-state index contributed by atoms with van der Waals surface area (Å²) in [6, 6.07) is 0.449. The summed E-state index contributed by atoms with van der Waals surface area (Å²) in [7, 11) is 3.52. The highest BCUT2D eigenvalue weighted by Gasteiger charge is 2.43. The van der Waals surface area contributed by atoms with E-state index in [9.17, 15) is 0 Å². The molecular formula is C13H28N2O2. The van der Waals surface area contributed by atoms with Gasteiger partial charge in [-0.15, -0.1) is 0 Å². The molecule has 0 aliphatic heterocycles. The van der Waals surface area contributed by atoms with Crippen LogP contribution in [-0.2, 0) is 9.47 Å². The minimum atomic E-state index is 0.449. The zero-order valence-corrected chi connectivity index (χ0v) is 11.6. The van der Waals surface area contributed by atoms with Crippen LogP contribution in [0.3, 0.4) is 0 Å². The summed E-state index contributed by atoms with van der Waals surface area (Å²) in [5.74, 6) is 0. The van der Waals surface area contributed by atoms with Crippen LogP contribution in [0.2, 0.25) is 0 Å². The van der Waals surface area contributed by atoms with Crippen LogP contribution in [0.25, 0.3) is 0 Å². The second kappa shape index (κ2) is 7.31. The standard InChI is InChI=1S/C13H28N2O2/c1-12(10-17-3)15(8-9-16-2)11-13(4-5-13)6-7-14/h12H,4-11,14H2,1-3H3. The van der Waals surface area contributed by atoms with Crippen molar-refractivity contribution in [2.75, 3.05) is 47.1 Å². The molecular weight excluding hydrogens is 216 g/mol. The van der Waals surface area contributed by atoms with Gasteiger partial charge in [0.05, 0.1) is 13.2 Å². The summed E-state index contributed by atoms with van der Waals surface area (Å²) < 4.78 is 10.4. The fourth-order valence-corrected chi connectivity index (χ4v) is 2.41. The molecule has 0 bridgehead atoms. The van der Waals surface area contributed by atoms with Gasteiger partial charge in [-0.1, -0.05) is 0 Å². The zero-order valence-electron chi connectivity index (χ0n) is 11.6. The number of nitrogens with two attached hydrogens (primary N) is 1. The third-order valence-electron chi connectivity index (χ3n) is 3.78. The van der Waals surface area contributed by atoms with E-state index < -0.39 is 0 Å². The van der Waals surface area contributed by atoms with Crippen LogP contribution < -0.4 is 5.73 Å². The van der Waals surface area contributed by atoms with Gasteiger partial charge in [-0.05, 0) is 38.1 Å². The Morgan fingerprint density at radius 2 is 2.00 bits per heavy atom. The molecule has 1 unspecified atom stereocenters. The van der Waals surface area contributed by atoms with Gasteiger partial charge in [0.2, 0.25) is 0 Å². The fraction of sp³-hybridized carbons (Fsp3) is 1.00. The molecule has 2 N–H and O–H groups in total. The number of rotatable bonds is 10. The molecule has 1 fully saturated rings. The van der Waals surface area contributed by atoms with Crippen molar-refractivity contribution < 1.29 is 9.47 Å². The van der Waals surface area contributed by atoms with Crippen molar-refractivity contribution in [3.05, 3.63) is 0 Å². The molecule has 0 heterocycles. The molecule has 1 aliphatic rings. The van der Waals surface area contributed by atoms with E-state index >= 15 is 0 Å². The lowest BCUT2D eigenvalue weighted by molar-refractivity contribution is 0.0608. The van der Waals surface area contributed by atoms with E-state index in [1.807, 2.05) is 0 Å². The minimum absolute atomic E-state index is 0.449. The van der Waals surface area contributed by atoms with E-state index in [1.54, 1.807) is 14.2 Å². The van der Waals surface area contributed by atoms with Crippen molar-refractivity contribution in [1.82, 2.24) is 4.90 Å². The van der Waals surface area contributed by atoms with Crippen molar-refractivity contribution in [3.8, 4) is 0 Å². The molecule has 0 aromatic carbocycles. The van der Waals surface area contributed by atoms with Crippen molar-refractivity contribution in [1.29, 1.82) is 0 Å². The summed E-state index contributed by atoms with van der Waals surface area (Å²) in [6.07, 6.45) is 3.80. The number of nitrogens with zero attached hydrogens (tertiary/aromatic N) is 1. The first-order chi connectivity index (χ1) is 8.17. The van der Waals surface area contributed by atoms with Gasteiger partial charge < -0.3 is 15.2 Å². The Morgan fingerprint density at radius 3 is 2.47 bits per heavy atom. The molecule has 0 aromatic rings. The second-order valence-electron chi connectivity index (χ2n) is 5.31. The van der Waals surface area contributed by atoms with E-state index in [1.165, 1.54) is 12.8 Å². The maximum absolute atomic E-state index is 5.70. The van der Waals surface area contributed by atoms with Gasteiger partial charge in [-0.2, -0.15) is 0 Å². The normalized spacial score (nSPS) is 19.6. The Kier molecular flexibility index (Phi) is 6.41. The van der Waals surface area contributed by atoms with E-state index in [0.717, 1.165) is 39.3 Å². The van der Waals surface area contributed by atoms with E-state index in [2.05, 4.69) is 11.8 Å². The Balaban J connectivity index is 2.44. The SMILES string of the molecule is COCCN(CC1(CCN)CC1)C(C)COC. The highest BCUT2D eigenvalue weighted by Crippen LogP contribution is 2.49. The maximum Gasteiger partial charge on any atom is 0.0615 e. The number of hydrogen-bond acceptors (Lipinski definition) is 4. The van der Waals surface area contributed by atoms with Crippen LogP contribution in [0, 0.1) is 5.41 Å². The molecule has 17 heavy (non-hydrogen) atoms. The first-order valence-corrected chi connectivity index (χ1v) is 6.59. The first-order valence-electron chi connectivity index (χ1n) is 6.59. The highest BCUT2D eigenvalue weighted by atomic mass is 16.5. The molecule has 0 amide bonds. The first kappa shape index (κ1) is 14.9. The molecule has 102 valence electrons. The van der Waals surface area contributed by atoms with E-state index in [4.69, 9.17) is 15.2 Å². The molecule has 1 rings (SSSR count). The molecule has 0 radical (unpaired) electrons. The Labute approximate surface area is 105 Å². The lowest BCUT2D eigenvalue weighted by Gasteiger charge is -2.32. The van der Waals surface area contributed by atoms with Crippen LogP contribution in [0.1, 0.15) is 26.2 Å². The van der Waals surface area contributed by atoms with Crippen LogP contribution >= 0.6 is 0 Å². The molecule has 1 aliphatic carbocycles. The van der Waals surface area contributed by atoms with Gasteiger partial charge in [0, 0.05) is 33.4 Å². The topological polar surface area (TPSA) is 47.7 Å².